The van der Waals surface area contributed by atoms with E-state index in [0.29, 0.717) is 19.8 Å². The quantitative estimate of drug-likeness (QED) is 0.245. The highest BCUT2D eigenvalue weighted by Gasteiger charge is 1.97. The summed E-state index contributed by atoms with van der Waals surface area (Å²) in [5, 5.41) is 0. The van der Waals surface area contributed by atoms with E-state index in [1.807, 2.05) is 6.92 Å². The van der Waals surface area contributed by atoms with Crippen molar-refractivity contribution in [1.82, 2.24) is 0 Å². The van der Waals surface area contributed by atoms with Crippen LogP contribution < -0.4 is 0 Å². The van der Waals surface area contributed by atoms with E-state index in [-0.39, 0.29) is 6.29 Å². The third kappa shape index (κ3) is 7.21. The van der Waals surface area contributed by atoms with Crippen molar-refractivity contribution in [1.29, 1.82) is 0 Å². The number of ether oxygens (including phenoxy) is 2. The van der Waals surface area contributed by atoms with E-state index < -0.39 is 5.97 Å². The normalized spacial score (nSPS) is 9.42. The number of hydrogen-bond donors (Lipinski definition) is 0. The molecule has 0 amide bonds. The molecule has 0 fully saturated rings. The molecule has 0 unspecified atom stereocenters. The molecular weight excluding hydrogens is 160 g/mol. The van der Waals surface area contributed by atoms with Crippen LogP contribution in [-0.2, 0) is 19.1 Å². The molecule has 4 nitrogen and oxygen atoms in total. The summed E-state index contributed by atoms with van der Waals surface area (Å²) in [6.07, 6.45) is 1.75. The van der Waals surface area contributed by atoms with Crippen molar-refractivity contribution in [3.8, 4) is 0 Å². The Balaban J connectivity index is 3.00. The van der Waals surface area contributed by atoms with Gasteiger partial charge in [0, 0.05) is 13.2 Å². The van der Waals surface area contributed by atoms with Gasteiger partial charge in [0.15, 0.2) is 0 Å². The maximum absolute atomic E-state index is 10.3. The van der Waals surface area contributed by atoms with Crippen LogP contribution in [0.1, 0.15) is 19.8 Å². The highest BCUT2D eigenvalue weighted by atomic mass is 16.5. The van der Waals surface area contributed by atoms with Gasteiger partial charge < -0.3 is 9.47 Å². The molecule has 0 aliphatic carbocycles. The van der Waals surface area contributed by atoms with E-state index in [1.165, 1.54) is 0 Å². The molecule has 4 heteroatoms. The predicted molar refractivity (Wildman–Crippen MR) is 42.8 cm³/mol. The van der Waals surface area contributed by atoms with E-state index in [1.54, 1.807) is 0 Å². The number of unbranched alkanes of at least 4 members (excludes halogenated alkanes) is 1. The Hall–Kier alpha value is -0.900. The van der Waals surface area contributed by atoms with Gasteiger partial charge in [0.2, 0.25) is 6.29 Å². The summed E-state index contributed by atoms with van der Waals surface area (Å²) in [4.78, 5) is 20.1. The fourth-order valence-corrected chi connectivity index (χ4v) is 0.657. The predicted octanol–water partition coefficient (Wildman–Crippen LogP) is 0.545. The second-order valence-corrected chi connectivity index (χ2v) is 2.19. The molecule has 0 aliphatic heterocycles. The lowest BCUT2D eigenvalue weighted by atomic mass is 10.3. The van der Waals surface area contributed by atoms with Gasteiger partial charge in [0.25, 0.3) is 0 Å². The Bertz CT molecular complexity index is 133. The summed E-state index contributed by atoms with van der Waals surface area (Å²) in [7, 11) is 0. The van der Waals surface area contributed by atoms with Gasteiger partial charge in [-0.15, -0.1) is 0 Å². The monoisotopic (exact) mass is 174 g/mol. The van der Waals surface area contributed by atoms with Gasteiger partial charge in [0.05, 0.1) is 6.61 Å². The van der Waals surface area contributed by atoms with Crippen LogP contribution in [0.4, 0.5) is 0 Å². The van der Waals surface area contributed by atoms with Crippen molar-refractivity contribution < 1.29 is 19.1 Å². The molecule has 0 atom stereocenters. The summed E-state index contributed by atoms with van der Waals surface area (Å²) < 4.78 is 9.57. The standard InChI is InChI=1S/C8H14O4/c1-2-11-5-3-4-6-12-8(10)7-9/h7H,2-6H2,1H3. The molecule has 0 aromatic carbocycles. The van der Waals surface area contributed by atoms with Gasteiger partial charge >= 0.3 is 5.97 Å². The SMILES string of the molecule is CCOCCCCOC(=O)C=O. The molecule has 0 aromatic rings. The molecule has 70 valence electrons. The van der Waals surface area contributed by atoms with E-state index >= 15 is 0 Å². The zero-order valence-electron chi connectivity index (χ0n) is 7.25. The van der Waals surface area contributed by atoms with E-state index in [9.17, 15) is 9.59 Å². The first kappa shape index (κ1) is 11.1. The number of hydrogen-bond acceptors (Lipinski definition) is 4. The average molecular weight is 174 g/mol. The summed E-state index contributed by atoms with van der Waals surface area (Å²) >= 11 is 0. The second-order valence-electron chi connectivity index (χ2n) is 2.19. The Morgan fingerprint density at radius 2 is 2.00 bits per heavy atom. The largest absolute Gasteiger partial charge is 0.460 e. The van der Waals surface area contributed by atoms with Gasteiger partial charge in [-0.2, -0.15) is 0 Å². The molecule has 0 heterocycles. The Kier molecular flexibility index (Phi) is 7.58. The number of aldehydes is 1. The van der Waals surface area contributed by atoms with Crippen LogP contribution in [0.2, 0.25) is 0 Å². The van der Waals surface area contributed by atoms with Crippen LogP contribution in [0, 0.1) is 0 Å². The molecule has 0 N–H and O–H groups in total. The van der Waals surface area contributed by atoms with Crippen LogP contribution in [0.3, 0.4) is 0 Å². The molecule has 0 spiro atoms. The van der Waals surface area contributed by atoms with Crippen LogP contribution in [0.15, 0.2) is 0 Å². The van der Waals surface area contributed by atoms with E-state index in [4.69, 9.17) is 4.74 Å². The molecule has 0 bridgehead atoms. The smallest absolute Gasteiger partial charge is 0.371 e. The minimum atomic E-state index is -0.800. The van der Waals surface area contributed by atoms with E-state index in [0.717, 1.165) is 12.8 Å². The fraction of sp³-hybridized carbons (Fsp3) is 0.750. The van der Waals surface area contributed by atoms with E-state index in [2.05, 4.69) is 4.74 Å². The maximum Gasteiger partial charge on any atom is 0.371 e. The maximum atomic E-state index is 10.3. The van der Waals surface area contributed by atoms with Gasteiger partial charge in [-0.05, 0) is 19.8 Å². The molecule has 0 rings (SSSR count). The van der Waals surface area contributed by atoms with Gasteiger partial charge in [-0.3, -0.25) is 4.79 Å². The molecule has 0 saturated carbocycles. The van der Waals surface area contributed by atoms with Crippen LogP contribution in [0.25, 0.3) is 0 Å². The lowest BCUT2D eigenvalue weighted by Crippen LogP contribution is -2.07. The summed E-state index contributed by atoms with van der Waals surface area (Å²) in [5.41, 5.74) is 0. The molecule has 0 radical (unpaired) electrons. The molecule has 0 saturated heterocycles. The number of carbonyl (C=O) groups is 2. The summed E-state index contributed by atoms with van der Waals surface area (Å²) in [6.45, 7) is 3.60. The first-order chi connectivity index (χ1) is 5.81. The molecule has 0 aliphatic rings. The summed E-state index contributed by atoms with van der Waals surface area (Å²) in [6, 6.07) is 0. The lowest BCUT2D eigenvalue weighted by Gasteiger charge is -2.01. The Labute approximate surface area is 71.8 Å². The van der Waals surface area contributed by atoms with Gasteiger partial charge in [0.1, 0.15) is 0 Å². The molecule has 12 heavy (non-hydrogen) atoms. The Morgan fingerprint density at radius 3 is 2.58 bits per heavy atom. The first-order valence-electron chi connectivity index (χ1n) is 4.01. The van der Waals surface area contributed by atoms with Crippen molar-refractivity contribution in [3.63, 3.8) is 0 Å². The third-order valence-corrected chi connectivity index (χ3v) is 1.23. The van der Waals surface area contributed by atoms with Gasteiger partial charge in [-0.1, -0.05) is 0 Å². The lowest BCUT2D eigenvalue weighted by molar-refractivity contribution is -0.148. The molecular formula is C8H14O4. The zero-order valence-corrected chi connectivity index (χ0v) is 7.25. The van der Waals surface area contributed by atoms with Crippen molar-refractivity contribution >= 4 is 12.3 Å². The van der Waals surface area contributed by atoms with Crippen molar-refractivity contribution in [2.45, 2.75) is 19.8 Å². The number of rotatable bonds is 7. The molecule has 0 aromatic heterocycles. The zero-order chi connectivity index (χ0) is 9.23. The number of esters is 1. The highest BCUT2D eigenvalue weighted by Crippen LogP contribution is 1.90. The average Bonchev–Trinajstić information content (AvgIpc) is 2.10. The minimum absolute atomic E-state index is 0.169. The Morgan fingerprint density at radius 1 is 1.33 bits per heavy atom. The number of carbonyl (C=O) groups excluding carboxylic acids is 2. The van der Waals surface area contributed by atoms with Crippen molar-refractivity contribution in [2.24, 2.45) is 0 Å². The van der Waals surface area contributed by atoms with Gasteiger partial charge in [-0.25, -0.2) is 4.79 Å². The van der Waals surface area contributed by atoms with Crippen LogP contribution in [0.5, 0.6) is 0 Å². The minimum Gasteiger partial charge on any atom is -0.460 e. The second kappa shape index (κ2) is 8.20. The third-order valence-electron chi connectivity index (χ3n) is 1.23. The van der Waals surface area contributed by atoms with Crippen LogP contribution >= 0.6 is 0 Å². The highest BCUT2D eigenvalue weighted by molar-refractivity contribution is 6.20. The van der Waals surface area contributed by atoms with Crippen molar-refractivity contribution in [2.75, 3.05) is 19.8 Å². The summed E-state index contributed by atoms with van der Waals surface area (Å²) in [5.74, 6) is -0.800. The first-order valence-corrected chi connectivity index (χ1v) is 4.01. The van der Waals surface area contributed by atoms with Crippen molar-refractivity contribution in [3.05, 3.63) is 0 Å². The fourth-order valence-electron chi connectivity index (χ4n) is 0.657. The topological polar surface area (TPSA) is 52.6 Å². The van der Waals surface area contributed by atoms with Crippen LogP contribution in [-0.4, -0.2) is 32.1 Å².